The van der Waals surface area contributed by atoms with Crippen molar-refractivity contribution in [3.05, 3.63) is 0 Å². The van der Waals surface area contributed by atoms with Crippen molar-refractivity contribution in [3.8, 4) is 0 Å². The van der Waals surface area contributed by atoms with Gasteiger partial charge in [0, 0.05) is 0 Å². The first kappa shape index (κ1) is 35.8. The molecule has 0 amide bonds. The molecule has 36 heavy (non-hydrogen) atoms. The number of carbonyl (C=O) groups is 1. The van der Waals surface area contributed by atoms with Gasteiger partial charge in [-0.3, -0.25) is 4.74 Å². The van der Waals surface area contributed by atoms with Gasteiger partial charge < -0.3 is 14.6 Å². The monoisotopic (exact) mass is 551 g/mol. The van der Waals surface area contributed by atoms with Gasteiger partial charge in [0.05, 0.1) is 7.11 Å². The van der Waals surface area contributed by atoms with E-state index in [9.17, 15) is 14.5 Å². The fourth-order valence-electron chi connectivity index (χ4n) is 4.50. The standard InChI is InChI=1S/C28H55O6PS/c1-5-8-10-12-14-15-16-18-20-22-24(21-19-17-13-11-9-6-2)23-26(36)33-25(7-3)34-28(30,35-31)27(29)32-4/h24-26,30,36H,5-23H2,1-4H3/p+1. The molecule has 214 valence electrons. The molecule has 0 spiro atoms. The summed E-state index contributed by atoms with van der Waals surface area (Å²) in [7, 11) is -0.310. The number of rotatable bonds is 26. The molecule has 8 heteroatoms. The average molecular weight is 552 g/mol. The predicted molar refractivity (Wildman–Crippen MR) is 153 cm³/mol. The maximum absolute atomic E-state index is 11.8. The second-order valence-electron chi connectivity index (χ2n) is 10.1. The van der Waals surface area contributed by atoms with Gasteiger partial charge in [-0.15, -0.1) is 12.6 Å². The highest BCUT2D eigenvalue weighted by Gasteiger charge is 2.51. The average Bonchev–Trinajstić information content (AvgIpc) is 2.88. The first-order chi connectivity index (χ1) is 17.4. The molecule has 0 aromatic carbocycles. The summed E-state index contributed by atoms with van der Waals surface area (Å²) in [4.78, 5) is 11.8. The molecule has 0 aromatic rings. The Morgan fingerprint density at radius 1 is 0.833 bits per heavy atom. The van der Waals surface area contributed by atoms with Gasteiger partial charge in [0.15, 0.2) is 6.29 Å². The molecular weight excluding hydrogens is 495 g/mol. The Morgan fingerprint density at radius 3 is 1.67 bits per heavy atom. The van der Waals surface area contributed by atoms with Gasteiger partial charge in [-0.2, -0.15) is 0 Å². The van der Waals surface area contributed by atoms with Crippen LogP contribution in [-0.4, -0.2) is 35.4 Å². The summed E-state index contributed by atoms with van der Waals surface area (Å²) in [5, 5.41) is 10.2. The van der Waals surface area contributed by atoms with E-state index in [1.165, 1.54) is 96.3 Å². The molecular formula is C28H56O6PS+. The van der Waals surface area contributed by atoms with Crippen LogP contribution >= 0.6 is 21.1 Å². The van der Waals surface area contributed by atoms with Crippen LogP contribution in [0, 0.1) is 5.92 Å². The number of methoxy groups -OCH3 is 1. The minimum absolute atomic E-state index is 0.376. The van der Waals surface area contributed by atoms with Crippen molar-refractivity contribution in [2.45, 2.75) is 160 Å². The second-order valence-corrected chi connectivity index (χ2v) is 11.5. The zero-order chi connectivity index (χ0) is 27.1. The summed E-state index contributed by atoms with van der Waals surface area (Å²) in [5.74, 6) is -0.582. The third-order valence-electron chi connectivity index (χ3n) is 6.76. The maximum Gasteiger partial charge on any atom is 0.472 e. The number of hydrogen-bond acceptors (Lipinski definition) is 7. The van der Waals surface area contributed by atoms with Gasteiger partial charge in [-0.05, 0) is 18.8 Å². The fourth-order valence-corrected chi connectivity index (χ4v) is 5.30. The Bertz CT molecular complexity index is 538. The molecule has 0 saturated heterocycles. The molecule has 6 nitrogen and oxygen atoms in total. The van der Waals surface area contributed by atoms with Crippen molar-refractivity contribution in [1.29, 1.82) is 0 Å². The van der Waals surface area contributed by atoms with Gasteiger partial charge in [0.25, 0.3) is 0 Å². The third-order valence-corrected chi connectivity index (χ3v) is 7.69. The van der Waals surface area contributed by atoms with E-state index < -0.39 is 31.7 Å². The van der Waals surface area contributed by atoms with Crippen LogP contribution in [0.2, 0.25) is 0 Å². The van der Waals surface area contributed by atoms with Crippen LogP contribution in [0.4, 0.5) is 0 Å². The zero-order valence-electron chi connectivity index (χ0n) is 23.6. The summed E-state index contributed by atoms with van der Waals surface area (Å²) in [5.41, 5.74) is -2.91. The Morgan fingerprint density at radius 2 is 1.28 bits per heavy atom. The highest BCUT2D eigenvalue weighted by Crippen LogP contribution is 2.30. The molecule has 0 rings (SSSR count). The molecule has 0 aromatic heterocycles. The van der Waals surface area contributed by atoms with Crippen LogP contribution in [0.25, 0.3) is 0 Å². The lowest BCUT2D eigenvalue weighted by Gasteiger charge is -2.26. The molecule has 0 heterocycles. The van der Waals surface area contributed by atoms with E-state index >= 15 is 0 Å². The van der Waals surface area contributed by atoms with E-state index in [2.05, 4.69) is 31.2 Å². The lowest BCUT2D eigenvalue weighted by Crippen LogP contribution is -2.41. The number of hydrogen-bond donors (Lipinski definition) is 2. The van der Waals surface area contributed by atoms with Crippen molar-refractivity contribution < 1.29 is 28.7 Å². The molecule has 0 aliphatic rings. The highest BCUT2D eigenvalue weighted by molar-refractivity contribution is 7.80. The molecule has 1 N–H and O–H groups in total. The van der Waals surface area contributed by atoms with Gasteiger partial charge in [-0.25, -0.2) is 4.79 Å². The number of aliphatic hydroxyl groups is 1. The van der Waals surface area contributed by atoms with Gasteiger partial charge in [0.1, 0.15) is 5.44 Å². The minimum atomic E-state index is -2.52. The predicted octanol–water partition coefficient (Wildman–Crippen LogP) is 8.53. The summed E-state index contributed by atoms with van der Waals surface area (Å²) < 4.78 is 27.2. The van der Waals surface area contributed by atoms with Crippen LogP contribution in [0.15, 0.2) is 0 Å². The van der Waals surface area contributed by atoms with Crippen LogP contribution in [0.5, 0.6) is 0 Å². The lowest BCUT2D eigenvalue weighted by molar-refractivity contribution is -0.257. The van der Waals surface area contributed by atoms with Crippen LogP contribution in [-0.2, 0) is 23.6 Å². The summed E-state index contributed by atoms with van der Waals surface area (Å²) in [6.45, 7) is 6.31. The van der Waals surface area contributed by atoms with E-state index in [-0.39, 0.29) is 0 Å². The van der Waals surface area contributed by atoms with Gasteiger partial charge >= 0.3 is 20.0 Å². The van der Waals surface area contributed by atoms with Crippen molar-refractivity contribution in [2.75, 3.05) is 7.11 Å². The smallest absolute Gasteiger partial charge is 0.461 e. The van der Waals surface area contributed by atoms with E-state index in [1.807, 2.05) is 6.92 Å². The number of unbranched alkanes of at least 4 members (excludes halogenated alkanes) is 13. The summed E-state index contributed by atoms with van der Waals surface area (Å²) in [6, 6.07) is 0. The number of carbonyl (C=O) groups excluding carboxylic acids is 1. The van der Waals surface area contributed by atoms with Crippen molar-refractivity contribution >= 4 is 27.1 Å². The molecule has 0 bridgehead atoms. The van der Waals surface area contributed by atoms with Gasteiger partial charge in [0.2, 0.25) is 0 Å². The van der Waals surface area contributed by atoms with Crippen molar-refractivity contribution in [2.24, 2.45) is 5.92 Å². The number of ether oxygens (including phenoxy) is 3. The quantitative estimate of drug-likeness (QED) is 0.0368. The Kier molecular flexibility index (Phi) is 23.8. The minimum Gasteiger partial charge on any atom is -0.461 e. The van der Waals surface area contributed by atoms with E-state index in [0.717, 1.165) is 26.4 Å². The molecule has 5 atom stereocenters. The highest BCUT2D eigenvalue weighted by atomic mass is 32.1. The van der Waals surface area contributed by atoms with Crippen LogP contribution in [0.3, 0.4) is 0 Å². The lowest BCUT2D eigenvalue weighted by atomic mass is 9.91. The normalized spacial score (nSPS) is 15.9. The first-order valence-corrected chi connectivity index (χ1v) is 16.0. The van der Waals surface area contributed by atoms with E-state index in [0.29, 0.717) is 12.3 Å². The summed E-state index contributed by atoms with van der Waals surface area (Å²) in [6.07, 6.45) is 22.2. The first-order valence-electron chi connectivity index (χ1n) is 14.6. The fraction of sp³-hybridized carbons (Fsp3) is 0.964. The van der Waals surface area contributed by atoms with Crippen LogP contribution in [0.1, 0.15) is 143 Å². The maximum atomic E-state index is 11.8. The van der Waals surface area contributed by atoms with E-state index in [4.69, 9.17) is 9.47 Å². The second kappa shape index (κ2) is 23.9. The summed E-state index contributed by atoms with van der Waals surface area (Å²) >= 11 is 4.65. The molecule has 0 saturated carbocycles. The molecule has 0 aliphatic heterocycles. The van der Waals surface area contributed by atoms with Crippen LogP contribution < -0.4 is 0 Å². The Labute approximate surface area is 228 Å². The van der Waals surface area contributed by atoms with E-state index in [1.54, 1.807) is 0 Å². The third kappa shape index (κ3) is 18.1. The van der Waals surface area contributed by atoms with Crippen molar-refractivity contribution in [1.82, 2.24) is 0 Å². The molecule has 5 unspecified atom stereocenters. The molecule has 0 aliphatic carbocycles. The molecule has 0 radical (unpaired) electrons. The zero-order valence-corrected chi connectivity index (χ0v) is 25.5. The largest absolute Gasteiger partial charge is 0.472 e. The SMILES string of the molecule is CCCCCCCCCCCC(CCCCCCCC)CC(S)OC(CC)OC(O)([PH+]=O)C(=O)OC. The van der Waals surface area contributed by atoms with Gasteiger partial charge in [-0.1, -0.05) is 134 Å². The van der Waals surface area contributed by atoms with Crippen molar-refractivity contribution in [3.63, 3.8) is 0 Å². The molecule has 0 fully saturated rings. The topological polar surface area (TPSA) is 82.1 Å². The Hall–Kier alpha value is -0.200. The Balaban J connectivity index is 4.64. The number of esters is 1. The number of thiol groups is 1.